The number of hydrogen-bond acceptors (Lipinski definition) is 5. The second kappa shape index (κ2) is 8.82. The number of carbonyl (C=O) groups is 2. The molecule has 4 rings (SSSR count). The predicted molar refractivity (Wildman–Crippen MR) is 130 cm³/mol. The lowest BCUT2D eigenvalue weighted by atomic mass is 10.0. The zero-order valence-corrected chi connectivity index (χ0v) is 19.4. The number of imide groups is 1. The van der Waals surface area contributed by atoms with Gasteiger partial charge in [-0.15, -0.1) is 0 Å². The monoisotopic (exact) mass is 442 g/mol. The summed E-state index contributed by atoms with van der Waals surface area (Å²) < 4.78 is 10.7. The molecule has 3 aromatic rings. The van der Waals surface area contributed by atoms with Crippen LogP contribution in [0.5, 0.6) is 11.5 Å². The van der Waals surface area contributed by atoms with Crippen LogP contribution < -0.4 is 19.7 Å². The molecule has 0 aromatic heterocycles. The number of methoxy groups -OCH3 is 2. The molecule has 0 spiro atoms. The first-order chi connectivity index (χ1) is 15.8. The Morgan fingerprint density at radius 3 is 2.09 bits per heavy atom. The van der Waals surface area contributed by atoms with Crippen LogP contribution in [-0.2, 0) is 9.59 Å². The smallest absolute Gasteiger partial charge is 0.282 e. The molecule has 33 heavy (non-hydrogen) atoms. The van der Waals surface area contributed by atoms with Crippen molar-refractivity contribution in [2.75, 3.05) is 24.4 Å². The Kier molecular flexibility index (Phi) is 5.92. The third-order valence-corrected chi connectivity index (χ3v) is 5.68. The predicted octanol–water partition coefficient (Wildman–Crippen LogP) is 5.03. The SMILES string of the molecule is COc1ccc(C2=C(Nc3cc(C)ccc3OC)C(=O)N(c3cc(C)ccc3C)C2=O)cc1. The Hall–Kier alpha value is -4.06. The van der Waals surface area contributed by atoms with E-state index in [2.05, 4.69) is 5.32 Å². The summed E-state index contributed by atoms with van der Waals surface area (Å²) in [7, 11) is 3.15. The Bertz CT molecular complexity index is 1280. The van der Waals surface area contributed by atoms with Crippen molar-refractivity contribution < 1.29 is 19.1 Å². The van der Waals surface area contributed by atoms with E-state index in [4.69, 9.17) is 9.47 Å². The molecule has 1 N–H and O–H groups in total. The molecule has 2 amide bonds. The van der Waals surface area contributed by atoms with Crippen LogP contribution >= 0.6 is 0 Å². The highest BCUT2D eigenvalue weighted by Crippen LogP contribution is 2.37. The highest BCUT2D eigenvalue weighted by Gasteiger charge is 2.41. The second-order valence-corrected chi connectivity index (χ2v) is 8.04. The van der Waals surface area contributed by atoms with E-state index in [1.807, 2.05) is 57.2 Å². The molecule has 6 nitrogen and oxygen atoms in total. The van der Waals surface area contributed by atoms with Gasteiger partial charge in [0.2, 0.25) is 0 Å². The molecule has 0 aliphatic carbocycles. The molecule has 1 heterocycles. The number of hydrogen-bond donors (Lipinski definition) is 1. The normalized spacial score (nSPS) is 13.5. The minimum absolute atomic E-state index is 0.204. The van der Waals surface area contributed by atoms with Crippen LogP contribution in [0.1, 0.15) is 22.3 Å². The number of rotatable bonds is 6. The summed E-state index contributed by atoms with van der Waals surface area (Å²) in [6.07, 6.45) is 0. The van der Waals surface area contributed by atoms with Crippen molar-refractivity contribution in [2.45, 2.75) is 20.8 Å². The summed E-state index contributed by atoms with van der Waals surface area (Å²) in [6, 6.07) is 18.5. The number of nitrogens with zero attached hydrogens (tertiary/aromatic N) is 1. The van der Waals surface area contributed by atoms with Gasteiger partial charge in [0.1, 0.15) is 17.2 Å². The summed E-state index contributed by atoms with van der Waals surface area (Å²) >= 11 is 0. The molecule has 0 radical (unpaired) electrons. The minimum Gasteiger partial charge on any atom is -0.497 e. The molecular weight excluding hydrogens is 416 g/mol. The highest BCUT2D eigenvalue weighted by atomic mass is 16.5. The van der Waals surface area contributed by atoms with Gasteiger partial charge >= 0.3 is 0 Å². The Balaban J connectivity index is 1.87. The van der Waals surface area contributed by atoms with Crippen molar-refractivity contribution in [3.05, 3.63) is 88.6 Å². The van der Waals surface area contributed by atoms with E-state index in [1.165, 1.54) is 4.90 Å². The maximum absolute atomic E-state index is 13.7. The van der Waals surface area contributed by atoms with E-state index in [1.54, 1.807) is 38.5 Å². The number of ether oxygens (including phenoxy) is 2. The topological polar surface area (TPSA) is 67.9 Å². The molecular formula is C27H26N2O4. The quantitative estimate of drug-likeness (QED) is 0.543. The van der Waals surface area contributed by atoms with Crippen LogP contribution in [0.4, 0.5) is 11.4 Å². The van der Waals surface area contributed by atoms with Crippen molar-refractivity contribution in [1.82, 2.24) is 0 Å². The lowest BCUT2D eigenvalue weighted by Gasteiger charge is -2.19. The number of benzene rings is 3. The summed E-state index contributed by atoms with van der Waals surface area (Å²) in [5.41, 5.74) is 5.10. The molecule has 0 saturated heterocycles. The molecule has 3 aromatic carbocycles. The third kappa shape index (κ3) is 4.07. The molecule has 6 heteroatoms. The Labute approximate surface area is 193 Å². The largest absolute Gasteiger partial charge is 0.497 e. The van der Waals surface area contributed by atoms with Crippen LogP contribution in [-0.4, -0.2) is 26.0 Å². The van der Waals surface area contributed by atoms with E-state index in [-0.39, 0.29) is 11.6 Å². The standard InChI is InChI=1S/C27H26N2O4/c1-16-7-13-23(33-5)21(14-16)28-25-24(19-9-11-20(32-4)12-10-19)26(30)29(27(25)31)22-15-17(2)6-8-18(22)3/h6-15,28H,1-5H3. The lowest BCUT2D eigenvalue weighted by molar-refractivity contribution is -0.120. The molecule has 168 valence electrons. The number of nitrogens with one attached hydrogen (secondary N) is 1. The summed E-state index contributed by atoms with van der Waals surface area (Å²) in [6.45, 7) is 5.77. The van der Waals surface area contributed by atoms with E-state index in [0.29, 0.717) is 34.0 Å². The fourth-order valence-electron chi connectivity index (χ4n) is 3.90. The second-order valence-electron chi connectivity index (χ2n) is 8.04. The number of aryl methyl sites for hydroxylation is 3. The fourth-order valence-corrected chi connectivity index (χ4v) is 3.90. The van der Waals surface area contributed by atoms with Crippen molar-refractivity contribution in [3.63, 3.8) is 0 Å². The lowest BCUT2D eigenvalue weighted by Crippen LogP contribution is -2.33. The molecule has 0 atom stereocenters. The van der Waals surface area contributed by atoms with Crippen molar-refractivity contribution in [3.8, 4) is 11.5 Å². The van der Waals surface area contributed by atoms with Crippen molar-refractivity contribution in [2.24, 2.45) is 0 Å². The molecule has 1 aliphatic heterocycles. The van der Waals surface area contributed by atoms with Gasteiger partial charge < -0.3 is 14.8 Å². The molecule has 0 saturated carbocycles. The van der Waals surface area contributed by atoms with E-state index >= 15 is 0 Å². The average molecular weight is 443 g/mol. The van der Waals surface area contributed by atoms with E-state index in [0.717, 1.165) is 16.7 Å². The zero-order chi connectivity index (χ0) is 23.7. The average Bonchev–Trinajstić information content (AvgIpc) is 3.05. The third-order valence-electron chi connectivity index (χ3n) is 5.68. The zero-order valence-electron chi connectivity index (χ0n) is 19.4. The Morgan fingerprint density at radius 1 is 0.758 bits per heavy atom. The van der Waals surface area contributed by atoms with Gasteiger partial charge in [0, 0.05) is 0 Å². The first-order valence-corrected chi connectivity index (χ1v) is 10.6. The van der Waals surface area contributed by atoms with Gasteiger partial charge in [0.25, 0.3) is 11.8 Å². The summed E-state index contributed by atoms with van der Waals surface area (Å²) in [5.74, 6) is 0.445. The van der Waals surface area contributed by atoms with Crippen molar-refractivity contribution >= 4 is 28.8 Å². The van der Waals surface area contributed by atoms with Crippen molar-refractivity contribution in [1.29, 1.82) is 0 Å². The van der Waals surface area contributed by atoms with Crippen LogP contribution in [0.25, 0.3) is 5.57 Å². The van der Waals surface area contributed by atoms with E-state index < -0.39 is 5.91 Å². The van der Waals surface area contributed by atoms with Gasteiger partial charge in [-0.05, 0) is 73.4 Å². The van der Waals surface area contributed by atoms with Gasteiger partial charge in [-0.2, -0.15) is 0 Å². The maximum Gasteiger partial charge on any atom is 0.282 e. The van der Waals surface area contributed by atoms with Gasteiger partial charge in [-0.25, -0.2) is 4.90 Å². The van der Waals surface area contributed by atoms with Gasteiger partial charge in [-0.1, -0.05) is 30.3 Å². The number of amides is 2. The first kappa shape index (κ1) is 22.1. The summed E-state index contributed by atoms with van der Waals surface area (Å²) in [5, 5.41) is 3.20. The van der Waals surface area contributed by atoms with Crippen LogP contribution in [0.15, 0.2) is 66.4 Å². The summed E-state index contributed by atoms with van der Waals surface area (Å²) in [4.78, 5) is 28.6. The van der Waals surface area contributed by atoms with Crippen LogP contribution in [0.3, 0.4) is 0 Å². The minimum atomic E-state index is -0.414. The first-order valence-electron chi connectivity index (χ1n) is 10.6. The molecule has 0 unspecified atom stereocenters. The van der Waals surface area contributed by atoms with E-state index in [9.17, 15) is 9.59 Å². The highest BCUT2D eigenvalue weighted by molar-refractivity contribution is 6.46. The van der Waals surface area contributed by atoms with Crippen LogP contribution in [0.2, 0.25) is 0 Å². The fraction of sp³-hybridized carbons (Fsp3) is 0.185. The van der Waals surface area contributed by atoms with Gasteiger partial charge in [-0.3, -0.25) is 9.59 Å². The van der Waals surface area contributed by atoms with Gasteiger partial charge in [0.15, 0.2) is 0 Å². The molecule has 0 bridgehead atoms. The number of carbonyl (C=O) groups excluding carboxylic acids is 2. The van der Waals surface area contributed by atoms with Crippen LogP contribution in [0, 0.1) is 20.8 Å². The molecule has 0 fully saturated rings. The van der Waals surface area contributed by atoms with Gasteiger partial charge in [0.05, 0.1) is 31.2 Å². The maximum atomic E-state index is 13.7. The number of anilines is 2. The Morgan fingerprint density at radius 2 is 1.42 bits per heavy atom. The molecule has 1 aliphatic rings.